The van der Waals surface area contributed by atoms with Gasteiger partial charge in [-0.2, -0.15) is 0 Å². The Bertz CT molecular complexity index is 675. The molecule has 0 aliphatic rings. The molecule has 0 aromatic heterocycles. The minimum atomic E-state index is -2.29. The summed E-state index contributed by atoms with van der Waals surface area (Å²) in [5.41, 5.74) is 1.58. The van der Waals surface area contributed by atoms with E-state index in [9.17, 15) is 5.26 Å². The molecule has 0 unspecified atom stereocenters. The predicted molar refractivity (Wildman–Crippen MR) is 130 cm³/mol. The van der Waals surface area contributed by atoms with Crippen LogP contribution >= 0.6 is 23.2 Å². The predicted octanol–water partition coefficient (Wildman–Crippen LogP) is 9.11. The molecule has 0 N–H and O–H groups in total. The van der Waals surface area contributed by atoms with Crippen molar-refractivity contribution in [3.8, 4) is 6.07 Å². The summed E-state index contributed by atoms with van der Waals surface area (Å²) in [5.74, 6) is 0.646. The Morgan fingerprint density at radius 3 is 1.90 bits per heavy atom. The van der Waals surface area contributed by atoms with Crippen molar-refractivity contribution in [3.63, 3.8) is 0 Å². The molecule has 1 rings (SSSR count). The molecule has 2 nitrogen and oxygen atoms in total. The Morgan fingerprint density at radius 1 is 0.931 bits per heavy atom. The molecule has 162 valence electrons. The van der Waals surface area contributed by atoms with E-state index in [1.165, 1.54) is 56.3 Å². The van der Waals surface area contributed by atoms with Crippen molar-refractivity contribution in [2.45, 2.75) is 83.5 Å². The zero-order chi connectivity index (χ0) is 21.7. The molecule has 0 aliphatic heterocycles. The Kier molecular flexibility index (Phi) is 13.4. The quantitative estimate of drug-likeness (QED) is 0.133. The average Bonchev–Trinajstić information content (AvgIpc) is 2.73. The van der Waals surface area contributed by atoms with Crippen LogP contribution in [-0.2, 0) is 4.74 Å². The van der Waals surface area contributed by atoms with Crippen LogP contribution in [0.3, 0.4) is 0 Å². The molecule has 0 fully saturated rings. The molecule has 0 bridgehead atoms. The molecular formula is C24H37Cl2NOSn. The van der Waals surface area contributed by atoms with Gasteiger partial charge in [-0.3, -0.25) is 0 Å². The Labute approximate surface area is 192 Å². The molecule has 1 aromatic carbocycles. The van der Waals surface area contributed by atoms with Gasteiger partial charge in [0.15, 0.2) is 0 Å². The van der Waals surface area contributed by atoms with Crippen molar-refractivity contribution in [1.82, 2.24) is 0 Å². The van der Waals surface area contributed by atoms with E-state index in [0.29, 0.717) is 15.8 Å². The van der Waals surface area contributed by atoms with Gasteiger partial charge in [0.1, 0.15) is 0 Å². The van der Waals surface area contributed by atoms with Gasteiger partial charge < -0.3 is 0 Å². The summed E-state index contributed by atoms with van der Waals surface area (Å²) in [7, 11) is 1.64. The van der Waals surface area contributed by atoms with Crippen LogP contribution in [0.5, 0.6) is 0 Å². The number of ether oxygens (including phenoxy) is 1. The standard InChI is InChI=1S/C12H10Cl2NO.3C4H9.Sn/c1-3-8(7-15)12(16-2)9-4-5-10(13)11(14)6-9;3*1-3-4-2;/h4-6H,1,3H2,2H3;3*1,3-4H2,2H3;/b12-8-;;;;. The summed E-state index contributed by atoms with van der Waals surface area (Å²) in [4.78, 5) is 0. The number of nitriles is 1. The number of allylic oxidation sites excluding steroid dienone is 1. The Morgan fingerprint density at radius 2 is 1.48 bits per heavy atom. The van der Waals surface area contributed by atoms with E-state index < -0.39 is 18.4 Å². The van der Waals surface area contributed by atoms with Crippen LogP contribution in [0.4, 0.5) is 0 Å². The van der Waals surface area contributed by atoms with Crippen molar-refractivity contribution in [2.24, 2.45) is 0 Å². The molecule has 5 heteroatoms. The second kappa shape index (κ2) is 14.6. The van der Waals surface area contributed by atoms with Crippen LogP contribution in [0, 0.1) is 11.3 Å². The normalized spacial score (nSPS) is 12.4. The number of nitrogens with zero attached hydrogens (tertiary/aromatic N) is 1. The van der Waals surface area contributed by atoms with E-state index in [2.05, 4.69) is 26.8 Å². The zero-order valence-corrected chi connectivity index (χ0v) is 23.0. The first-order valence-electron chi connectivity index (χ1n) is 11.1. The summed E-state index contributed by atoms with van der Waals surface area (Å²) in [6.07, 6.45) is 8.67. The van der Waals surface area contributed by atoms with E-state index in [-0.39, 0.29) is 0 Å². The van der Waals surface area contributed by atoms with Crippen molar-refractivity contribution < 1.29 is 4.74 Å². The van der Waals surface area contributed by atoms with Crippen LogP contribution in [0.2, 0.25) is 27.8 Å². The van der Waals surface area contributed by atoms with E-state index in [1.54, 1.807) is 19.2 Å². The van der Waals surface area contributed by atoms with Crippen LogP contribution in [0.25, 0.3) is 5.76 Å². The monoisotopic (exact) mass is 545 g/mol. The number of methoxy groups -OCH3 is 1. The van der Waals surface area contributed by atoms with E-state index >= 15 is 0 Å². The molecule has 29 heavy (non-hydrogen) atoms. The fourth-order valence-corrected chi connectivity index (χ4v) is 20.3. The third kappa shape index (κ3) is 8.72. The van der Waals surface area contributed by atoms with E-state index in [1.807, 2.05) is 6.07 Å². The Hall–Kier alpha value is -0.371. The van der Waals surface area contributed by atoms with E-state index in [4.69, 9.17) is 27.9 Å². The van der Waals surface area contributed by atoms with Gasteiger partial charge in [-0.25, -0.2) is 0 Å². The first kappa shape index (κ1) is 26.7. The molecular weight excluding hydrogens is 508 g/mol. The number of hydrogen-bond acceptors (Lipinski definition) is 2. The van der Waals surface area contributed by atoms with Gasteiger partial charge in [-0.15, -0.1) is 0 Å². The van der Waals surface area contributed by atoms with Crippen LogP contribution in [0.1, 0.15) is 71.3 Å². The number of unbranched alkanes of at least 4 members (excludes halogenated alkanes) is 3. The number of hydrogen-bond donors (Lipinski definition) is 0. The van der Waals surface area contributed by atoms with Crippen molar-refractivity contribution >= 4 is 47.3 Å². The fourth-order valence-electron chi connectivity index (χ4n) is 4.07. The van der Waals surface area contributed by atoms with Gasteiger partial charge in [0, 0.05) is 0 Å². The maximum absolute atomic E-state index is 9.91. The number of halogens is 2. The summed E-state index contributed by atoms with van der Waals surface area (Å²) in [6.45, 7) is 6.89. The van der Waals surface area contributed by atoms with Gasteiger partial charge in [-0.05, 0) is 0 Å². The second-order valence-electron chi connectivity index (χ2n) is 8.06. The van der Waals surface area contributed by atoms with Crippen molar-refractivity contribution in [3.05, 3.63) is 39.4 Å². The summed E-state index contributed by atoms with van der Waals surface area (Å²) < 4.78 is 11.3. The summed E-state index contributed by atoms with van der Waals surface area (Å²) in [6, 6.07) is 7.88. The van der Waals surface area contributed by atoms with Crippen molar-refractivity contribution in [2.75, 3.05) is 7.11 Å². The van der Waals surface area contributed by atoms with Gasteiger partial charge in [0.2, 0.25) is 0 Å². The topological polar surface area (TPSA) is 33.0 Å². The summed E-state index contributed by atoms with van der Waals surface area (Å²) in [5, 5.41) is 10.9. The molecule has 0 radical (unpaired) electrons. The average molecular weight is 545 g/mol. The molecule has 0 saturated carbocycles. The minimum absolute atomic E-state index is 0.485. The number of rotatable bonds is 14. The van der Waals surface area contributed by atoms with E-state index in [0.717, 1.165) is 17.6 Å². The molecule has 0 aliphatic carbocycles. The molecule has 0 heterocycles. The van der Waals surface area contributed by atoms with Gasteiger partial charge in [0.05, 0.1) is 0 Å². The van der Waals surface area contributed by atoms with Crippen LogP contribution < -0.4 is 0 Å². The molecule has 0 atom stereocenters. The second-order valence-corrected chi connectivity index (χ2v) is 23.1. The molecule has 0 amide bonds. The first-order valence-corrected chi connectivity index (χ1v) is 19.9. The fraction of sp³-hybridized carbons (Fsp3) is 0.625. The SMILES string of the molecule is CCC[CH2][Sn]([CH2]CCC)([CH2]CCC)[CH2]C/C(C#N)=C(/OC)c1ccc(Cl)c(Cl)c1. The zero-order valence-electron chi connectivity index (χ0n) is 18.6. The molecule has 0 spiro atoms. The molecule has 0 saturated heterocycles. The summed E-state index contributed by atoms with van der Waals surface area (Å²) >= 11 is 9.98. The Balaban J connectivity index is 3.16. The van der Waals surface area contributed by atoms with Gasteiger partial charge in [0.25, 0.3) is 0 Å². The van der Waals surface area contributed by atoms with Crippen LogP contribution in [0.15, 0.2) is 23.8 Å². The van der Waals surface area contributed by atoms with Gasteiger partial charge in [-0.1, -0.05) is 0 Å². The van der Waals surface area contributed by atoms with Crippen LogP contribution in [-0.4, -0.2) is 25.5 Å². The molecule has 1 aromatic rings. The number of benzene rings is 1. The maximum atomic E-state index is 9.91. The first-order chi connectivity index (χ1) is 14.0. The van der Waals surface area contributed by atoms with Gasteiger partial charge >= 0.3 is 193 Å². The van der Waals surface area contributed by atoms with Crippen molar-refractivity contribution in [1.29, 1.82) is 5.26 Å². The third-order valence-corrected chi connectivity index (χ3v) is 22.5. The third-order valence-electron chi connectivity index (χ3n) is 5.88.